The first-order valence-corrected chi connectivity index (χ1v) is 7.00. The minimum Gasteiger partial charge on any atom is -0.367 e. The number of aryl methyl sites for hydroxylation is 1. The van der Waals surface area contributed by atoms with Crippen LogP contribution in [0.15, 0.2) is 42.7 Å². The maximum atomic E-state index is 12.7. The van der Waals surface area contributed by atoms with Gasteiger partial charge in [0, 0.05) is 33.1 Å². The van der Waals surface area contributed by atoms with E-state index in [1.807, 2.05) is 55.1 Å². The number of rotatable bonds is 6. The highest BCUT2D eigenvalue weighted by Gasteiger charge is 2.25. The fraction of sp³-hybridized carbons (Fsp3) is 0.375. The van der Waals surface area contributed by atoms with Gasteiger partial charge in [-0.25, -0.2) is 4.98 Å². The summed E-state index contributed by atoms with van der Waals surface area (Å²) < 4.78 is 7.33. The predicted octanol–water partition coefficient (Wildman–Crippen LogP) is 2.16. The molecule has 1 heterocycles. The van der Waals surface area contributed by atoms with Gasteiger partial charge in [0.25, 0.3) is 5.91 Å². The average Bonchev–Trinajstić information content (AvgIpc) is 2.91. The first-order chi connectivity index (χ1) is 10.2. The Kier molecular flexibility index (Phi) is 5.11. The number of likely N-dealkylation sites (N-methyl/N-ethyl adjacent to an activating group) is 1. The summed E-state index contributed by atoms with van der Waals surface area (Å²) in [4.78, 5) is 18.7. The number of carbonyl (C=O) groups is 1. The van der Waals surface area contributed by atoms with Crippen molar-refractivity contribution in [1.29, 1.82) is 0 Å². The van der Waals surface area contributed by atoms with Crippen LogP contribution in [-0.4, -0.2) is 34.0 Å². The van der Waals surface area contributed by atoms with Crippen molar-refractivity contribution >= 4 is 5.91 Å². The lowest BCUT2D eigenvalue weighted by molar-refractivity contribution is -0.143. The molecular weight excluding hydrogens is 266 g/mol. The van der Waals surface area contributed by atoms with E-state index < -0.39 is 6.10 Å². The third-order valence-corrected chi connectivity index (χ3v) is 3.51. The standard InChI is InChI=1S/C16H21N3O2/c1-4-19(12-14-17-10-11-18(14)2)16(20)15(21-3)13-8-6-5-7-9-13/h5-11,15H,4,12H2,1-3H3/t15-/m0/s1. The number of hydrogen-bond donors (Lipinski definition) is 0. The molecule has 0 aliphatic rings. The number of hydrogen-bond acceptors (Lipinski definition) is 3. The van der Waals surface area contributed by atoms with E-state index >= 15 is 0 Å². The highest BCUT2D eigenvalue weighted by Crippen LogP contribution is 2.20. The fourth-order valence-electron chi connectivity index (χ4n) is 2.24. The normalized spacial score (nSPS) is 12.1. The van der Waals surface area contributed by atoms with E-state index in [1.54, 1.807) is 18.2 Å². The van der Waals surface area contributed by atoms with Crippen molar-refractivity contribution in [2.24, 2.45) is 7.05 Å². The highest BCUT2D eigenvalue weighted by atomic mass is 16.5. The molecule has 0 spiro atoms. The first kappa shape index (κ1) is 15.3. The SMILES string of the molecule is CCN(Cc1nccn1C)C(=O)[C@@H](OC)c1ccccc1. The van der Waals surface area contributed by atoms with Gasteiger partial charge >= 0.3 is 0 Å². The van der Waals surface area contributed by atoms with Crippen LogP contribution in [0.3, 0.4) is 0 Å². The molecule has 0 fully saturated rings. The van der Waals surface area contributed by atoms with Crippen LogP contribution in [-0.2, 0) is 23.1 Å². The van der Waals surface area contributed by atoms with Crippen molar-refractivity contribution in [3.63, 3.8) is 0 Å². The topological polar surface area (TPSA) is 47.4 Å². The average molecular weight is 287 g/mol. The molecule has 0 bridgehead atoms. The second-order valence-electron chi connectivity index (χ2n) is 4.83. The van der Waals surface area contributed by atoms with Crippen molar-refractivity contribution in [2.75, 3.05) is 13.7 Å². The molecule has 1 aromatic heterocycles. The van der Waals surface area contributed by atoms with E-state index in [2.05, 4.69) is 4.98 Å². The lowest BCUT2D eigenvalue weighted by Gasteiger charge is -2.25. The number of methoxy groups -OCH3 is 1. The molecule has 1 atom stereocenters. The molecule has 0 N–H and O–H groups in total. The van der Waals surface area contributed by atoms with Crippen molar-refractivity contribution in [3.05, 3.63) is 54.1 Å². The number of carbonyl (C=O) groups excluding carboxylic acids is 1. The van der Waals surface area contributed by atoms with Gasteiger partial charge in [0.15, 0.2) is 6.10 Å². The zero-order valence-corrected chi connectivity index (χ0v) is 12.7. The van der Waals surface area contributed by atoms with Crippen molar-refractivity contribution in [3.8, 4) is 0 Å². The van der Waals surface area contributed by atoms with Gasteiger partial charge in [-0.2, -0.15) is 0 Å². The number of imidazole rings is 1. The van der Waals surface area contributed by atoms with Crippen LogP contribution in [0.25, 0.3) is 0 Å². The molecule has 1 amide bonds. The largest absolute Gasteiger partial charge is 0.367 e. The Morgan fingerprint density at radius 2 is 2.10 bits per heavy atom. The molecule has 21 heavy (non-hydrogen) atoms. The van der Waals surface area contributed by atoms with Gasteiger partial charge < -0.3 is 14.2 Å². The van der Waals surface area contributed by atoms with Crippen LogP contribution < -0.4 is 0 Å². The monoisotopic (exact) mass is 287 g/mol. The Morgan fingerprint density at radius 3 is 2.62 bits per heavy atom. The van der Waals surface area contributed by atoms with Gasteiger partial charge in [0.05, 0.1) is 6.54 Å². The van der Waals surface area contributed by atoms with E-state index in [1.165, 1.54) is 0 Å². The number of benzene rings is 1. The highest BCUT2D eigenvalue weighted by molar-refractivity contribution is 5.82. The number of amides is 1. The summed E-state index contributed by atoms with van der Waals surface area (Å²) in [6.45, 7) is 3.04. The van der Waals surface area contributed by atoms with Crippen molar-refractivity contribution in [2.45, 2.75) is 19.6 Å². The summed E-state index contributed by atoms with van der Waals surface area (Å²) in [5.41, 5.74) is 0.864. The Balaban J connectivity index is 2.17. The zero-order chi connectivity index (χ0) is 15.2. The molecule has 1 aromatic carbocycles. The van der Waals surface area contributed by atoms with Crippen LogP contribution in [0, 0.1) is 0 Å². The molecule has 112 valence electrons. The molecule has 0 unspecified atom stereocenters. The van der Waals surface area contributed by atoms with Crippen LogP contribution in [0.4, 0.5) is 0 Å². The molecule has 2 rings (SSSR count). The van der Waals surface area contributed by atoms with E-state index in [0.717, 1.165) is 11.4 Å². The van der Waals surface area contributed by atoms with Gasteiger partial charge in [-0.05, 0) is 12.5 Å². The quantitative estimate of drug-likeness (QED) is 0.818. The molecule has 0 aliphatic heterocycles. The number of ether oxygens (including phenoxy) is 1. The lowest BCUT2D eigenvalue weighted by Crippen LogP contribution is -2.36. The van der Waals surface area contributed by atoms with Crippen LogP contribution in [0.1, 0.15) is 24.4 Å². The fourth-order valence-corrected chi connectivity index (χ4v) is 2.24. The van der Waals surface area contributed by atoms with E-state index in [9.17, 15) is 4.79 Å². The van der Waals surface area contributed by atoms with E-state index in [4.69, 9.17) is 4.74 Å². The van der Waals surface area contributed by atoms with Gasteiger partial charge in [-0.1, -0.05) is 30.3 Å². The van der Waals surface area contributed by atoms with Gasteiger partial charge in [0.2, 0.25) is 0 Å². The zero-order valence-electron chi connectivity index (χ0n) is 12.7. The van der Waals surface area contributed by atoms with E-state index in [0.29, 0.717) is 13.1 Å². The van der Waals surface area contributed by atoms with Crippen LogP contribution in [0.5, 0.6) is 0 Å². The summed E-state index contributed by atoms with van der Waals surface area (Å²) in [6.07, 6.45) is 3.03. The Labute approximate surface area is 125 Å². The molecule has 5 nitrogen and oxygen atoms in total. The molecule has 0 radical (unpaired) electrons. The summed E-state index contributed by atoms with van der Waals surface area (Å²) in [6, 6.07) is 9.54. The summed E-state index contributed by atoms with van der Waals surface area (Å²) >= 11 is 0. The maximum Gasteiger partial charge on any atom is 0.256 e. The van der Waals surface area contributed by atoms with Crippen molar-refractivity contribution in [1.82, 2.24) is 14.5 Å². The summed E-state index contributed by atoms with van der Waals surface area (Å²) in [7, 11) is 3.48. The van der Waals surface area contributed by atoms with Gasteiger partial charge in [-0.15, -0.1) is 0 Å². The van der Waals surface area contributed by atoms with E-state index in [-0.39, 0.29) is 5.91 Å². The molecule has 0 aliphatic carbocycles. The molecule has 0 saturated carbocycles. The van der Waals surface area contributed by atoms with Crippen LogP contribution in [0.2, 0.25) is 0 Å². The second kappa shape index (κ2) is 7.04. The minimum absolute atomic E-state index is 0.0470. The maximum absolute atomic E-state index is 12.7. The second-order valence-corrected chi connectivity index (χ2v) is 4.83. The third kappa shape index (κ3) is 3.49. The van der Waals surface area contributed by atoms with Gasteiger partial charge in [0.1, 0.15) is 5.82 Å². The van der Waals surface area contributed by atoms with Gasteiger partial charge in [-0.3, -0.25) is 4.79 Å². The number of aromatic nitrogens is 2. The molecule has 0 saturated heterocycles. The van der Waals surface area contributed by atoms with Crippen LogP contribution >= 0.6 is 0 Å². The minimum atomic E-state index is -0.577. The Hall–Kier alpha value is -2.14. The lowest BCUT2D eigenvalue weighted by atomic mass is 10.1. The first-order valence-electron chi connectivity index (χ1n) is 7.00. The third-order valence-electron chi connectivity index (χ3n) is 3.51. The Morgan fingerprint density at radius 1 is 1.38 bits per heavy atom. The molecular formula is C16H21N3O2. The summed E-state index contributed by atoms with van der Waals surface area (Å²) in [5, 5.41) is 0. The molecule has 2 aromatic rings. The Bertz CT molecular complexity index is 580. The molecule has 5 heteroatoms. The summed E-state index contributed by atoms with van der Waals surface area (Å²) in [5.74, 6) is 0.808. The van der Waals surface area contributed by atoms with Crippen molar-refractivity contribution < 1.29 is 9.53 Å². The predicted molar refractivity (Wildman–Crippen MR) is 80.5 cm³/mol. The number of nitrogens with zero attached hydrogens (tertiary/aromatic N) is 3. The smallest absolute Gasteiger partial charge is 0.256 e.